The second-order valence-corrected chi connectivity index (χ2v) is 8.96. The van der Waals surface area contributed by atoms with Crippen molar-refractivity contribution in [1.29, 1.82) is 0 Å². The van der Waals surface area contributed by atoms with Crippen LogP contribution in [-0.4, -0.2) is 28.5 Å². The third-order valence-electron chi connectivity index (χ3n) is 5.95. The minimum absolute atomic E-state index is 0.0750. The number of hydrogen-bond acceptors (Lipinski definition) is 6. The van der Waals surface area contributed by atoms with Crippen LogP contribution in [0, 0.1) is 5.21 Å². The SMILES string of the molecule is CCCCCCCCCCOc1ccc(OC(=O)c2ccc(N=[N+]([O-])c3ccc(C(=O)O)cc3)cc2)cc1. The molecule has 200 valence electrons. The lowest BCUT2D eigenvalue weighted by atomic mass is 10.1. The summed E-state index contributed by atoms with van der Waals surface area (Å²) in [6, 6.07) is 18.4. The number of carbonyl (C=O) groups excluding carboxylic acids is 1. The van der Waals surface area contributed by atoms with Crippen LogP contribution in [-0.2, 0) is 0 Å². The molecule has 0 spiro atoms. The number of hydrogen-bond donors (Lipinski definition) is 1. The number of carbonyl (C=O) groups is 2. The Morgan fingerprint density at radius 3 is 1.92 bits per heavy atom. The van der Waals surface area contributed by atoms with Crippen LogP contribution in [0.3, 0.4) is 0 Å². The van der Waals surface area contributed by atoms with E-state index in [0.717, 1.165) is 12.2 Å². The molecule has 3 rings (SSSR count). The first-order chi connectivity index (χ1) is 18.5. The number of aromatic carboxylic acids is 1. The molecular formula is C30H34N2O6. The van der Waals surface area contributed by atoms with Gasteiger partial charge >= 0.3 is 11.9 Å². The Morgan fingerprint density at radius 1 is 0.763 bits per heavy atom. The molecule has 0 aliphatic rings. The molecular weight excluding hydrogens is 484 g/mol. The summed E-state index contributed by atoms with van der Waals surface area (Å²) in [4.78, 5) is 23.8. The van der Waals surface area contributed by atoms with Gasteiger partial charge in [0.1, 0.15) is 17.2 Å². The standard InChI is InChI=1S/C30H34N2O6/c1-2-3-4-5-6-7-8-9-22-37-27-18-20-28(21-19-27)38-30(35)24-10-14-25(15-11-24)31-32(36)26-16-12-23(13-17-26)29(33)34/h10-21H,2-9,22H2,1H3,(H,33,34). The molecule has 0 aromatic heterocycles. The van der Waals surface area contributed by atoms with Crippen molar-refractivity contribution in [1.82, 2.24) is 0 Å². The Kier molecular flexibility index (Phi) is 11.3. The van der Waals surface area contributed by atoms with Crippen molar-refractivity contribution in [2.24, 2.45) is 5.11 Å². The Balaban J connectivity index is 1.43. The van der Waals surface area contributed by atoms with Gasteiger partial charge in [-0.05, 0) is 67.1 Å². The summed E-state index contributed by atoms with van der Waals surface area (Å²) in [5.41, 5.74) is 0.897. The van der Waals surface area contributed by atoms with Gasteiger partial charge in [0, 0.05) is 17.2 Å². The van der Waals surface area contributed by atoms with Crippen molar-refractivity contribution in [2.75, 3.05) is 6.61 Å². The first-order valence-corrected chi connectivity index (χ1v) is 13.0. The summed E-state index contributed by atoms with van der Waals surface area (Å²) < 4.78 is 11.2. The van der Waals surface area contributed by atoms with E-state index in [4.69, 9.17) is 14.6 Å². The first kappa shape index (κ1) is 28.4. The van der Waals surface area contributed by atoms with Gasteiger partial charge in [0.25, 0.3) is 0 Å². The highest BCUT2D eigenvalue weighted by molar-refractivity contribution is 5.91. The van der Waals surface area contributed by atoms with Gasteiger partial charge in [0.2, 0.25) is 5.69 Å². The summed E-state index contributed by atoms with van der Waals surface area (Å²) in [6.45, 7) is 2.89. The molecule has 0 heterocycles. The van der Waals surface area contributed by atoms with E-state index in [0.29, 0.717) is 28.5 Å². The molecule has 0 bridgehead atoms. The molecule has 38 heavy (non-hydrogen) atoms. The second kappa shape index (κ2) is 15.1. The van der Waals surface area contributed by atoms with Crippen molar-refractivity contribution in [3.63, 3.8) is 0 Å². The van der Waals surface area contributed by atoms with Crippen LogP contribution in [0.4, 0.5) is 11.4 Å². The van der Waals surface area contributed by atoms with E-state index in [1.807, 2.05) is 0 Å². The zero-order valence-corrected chi connectivity index (χ0v) is 21.7. The molecule has 0 atom stereocenters. The Morgan fingerprint density at radius 2 is 1.32 bits per heavy atom. The van der Waals surface area contributed by atoms with Gasteiger partial charge in [-0.2, -0.15) is 0 Å². The fraction of sp³-hybridized carbons (Fsp3) is 0.333. The molecule has 8 nitrogen and oxygen atoms in total. The number of nitrogens with zero attached hydrogens (tertiary/aromatic N) is 2. The van der Waals surface area contributed by atoms with Crippen LogP contribution in [0.15, 0.2) is 77.9 Å². The van der Waals surface area contributed by atoms with Gasteiger partial charge in [-0.1, -0.05) is 56.7 Å². The molecule has 0 radical (unpaired) electrons. The molecule has 0 saturated carbocycles. The molecule has 0 unspecified atom stereocenters. The lowest BCUT2D eigenvalue weighted by Crippen LogP contribution is -2.08. The maximum absolute atomic E-state index is 12.5. The maximum atomic E-state index is 12.5. The van der Waals surface area contributed by atoms with Crippen molar-refractivity contribution in [3.8, 4) is 11.5 Å². The van der Waals surface area contributed by atoms with Gasteiger partial charge in [-0.3, -0.25) is 0 Å². The number of rotatable bonds is 15. The quantitative estimate of drug-likeness (QED) is 0.0544. The third kappa shape index (κ3) is 9.35. The zero-order chi connectivity index (χ0) is 27.2. The van der Waals surface area contributed by atoms with E-state index in [9.17, 15) is 14.8 Å². The zero-order valence-electron chi connectivity index (χ0n) is 21.7. The third-order valence-corrected chi connectivity index (χ3v) is 5.95. The summed E-state index contributed by atoms with van der Waals surface area (Å²) in [6.07, 6.45) is 9.98. The van der Waals surface area contributed by atoms with E-state index in [-0.39, 0.29) is 11.3 Å². The first-order valence-electron chi connectivity index (χ1n) is 13.0. The van der Waals surface area contributed by atoms with Crippen LogP contribution in [0.1, 0.15) is 79.0 Å². The lowest BCUT2D eigenvalue weighted by molar-refractivity contribution is -0.435. The predicted octanol–water partition coefficient (Wildman–Crippen LogP) is 8.05. The number of carboxylic acid groups (broad SMARTS) is 1. The maximum Gasteiger partial charge on any atom is 0.343 e. The number of carboxylic acids is 1. The predicted molar refractivity (Wildman–Crippen MR) is 145 cm³/mol. The van der Waals surface area contributed by atoms with Crippen molar-refractivity contribution in [3.05, 3.63) is 89.1 Å². The molecule has 3 aromatic rings. The summed E-state index contributed by atoms with van der Waals surface area (Å²) in [7, 11) is 0. The minimum atomic E-state index is -1.08. The minimum Gasteiger partial charge on any atom is -0.594 e. The number of ether oxygens (including phenoxy) is 2. The summed E-state index contributed by atoms with van der Waals surface area (Å²) in [5.74, 6) is -0.476. The van der Waals surface area contributed by atoms with Crippen LogP contribution >= 0.6 is 0 Å². The molecule has 3 aromatic carbocycles. The van der Waals surface area contributed by atoms with Crippen LogP contribution in [0.25, 0.3) is 0 Å². The average molecular weight is 519 g/mol. The largest absolute Gasteiger partial charge is 0.594 e. The molecule has 0 aliphatic heterocycles. The lowest BCUT2D eigenvalue weighted by Gasteiger charge is -2.08. The molecule has 1 N–H and O–H groups in total. The molecule has 0 saturated heterocycles. The van der Waals surface area contributed by atoms with Crippen LogP contribution in [0.2, 0.25) is 0 Å². The monoisotopic (exact) mass is 518 g/mol. The summed E-state index contributed by atoms with van der Waals surface area (Å²) in [5, 5.41) is 25.1. The Bertz CT molecular complexity index is 1190. The Hall–Kier alpha value is -4.20. The van der Waals surface area contributed by atoms with E-state index in [2.05, 4.69) is 12.0 Å². The van der Waals surface area contributed by atoms with Gasteiger partial charge in [-0.15, -0.1) is 0 Å². The Labute approximate surface area is 223 Å². The number of unbranched alkanes of at least 4 members (excludes halogenated alkanes) is 7. The summed E-state index contributed by atoms with van der Waals surface area (Å²) >= 11 is 0. The van der Waals surface area contributed by atoms with Crippen LogP contribution < -0.4 is 9.47 Å². The highest BCUT2D eigenvalue weighted by Gasteiger charge is 2.11. The molecule has 0 fully saturated rings. The highest BCUT2D eigenvalue weighted by atomic mass is 16.5. The van der Waals surface area contributed by atoms with Crippen molar-refractivity contribution in [2.45, 2.75) is 58.3 Å². The van der Waals surface area contributed by atoms with E-state index in [1.165, 1.54) is 93.5 Å². The van der Waals surface area contributed by atoms with Gasteiger partial charge in [0.15, 0.2) is 0 Å². The van der Waals surface area contributed by atoms with Gasteiger partial charge in [-0.25, -0.2) is 9.59 Å². The van der Waals surface area contributed by atoms with Crippen LogP contribution in [0.5, 0.6) is 11.5 Å². The number of esters is 1. The molecule has 0 aliphatic carbocycles. The average Bonchev–Trinajstić information content (AvgIpc) is 2.93. The molecule has 0 amide bonds. The highest BCUT2D eigenvalue weighted by Crippen LogP contribution is 2.22. The smallest absolute Gasteiger partial charge is 0.343 e. The normalized spacial score (nSPS) is 11.2. The van der Waals surface area contributed by atoms with E-state index >= 15 is 0 Å². The fourth-order valence-electron chi connectivity index (χ4n) is 3.75. The van der Waals surface area contributed by atoms with Gasteiger partial charge in [0.05, 0.1) is 17.7 Å². The topological polar surface area (TPSA) is 111 Å². The van der Waals surface area contributed by atoms with Crippen molar-refractivity contribution < 1.29 is 29.0 Å². The van der Waals surface area contributed by atoms with Gasteiger partial charge < -0.3 is 19.8 Å². The van der Waals surface area contributed by atoms with E-state index < -0.39 is 11.9 Å². The molecule has 8 heteroatoms. The number of azo groups is 1. The number of benzene rings is 3. The second-order valence-electron chi connectivity index (χ2n) is 8.96. The van der Waals surface area contributed by atoms with E-state index in [1.54, 1.807) is 24.3 Å². The fourth-order valence-corrected chi connectivity index (χ4v) is 3.75. The van der Waals surface area contributed by atoms with Crippen molar-refractivity contribution >= 4 is 23.3 Å².